The number of anilines is 1. The van der Waals surface area contributed by atoms with E-state index in [0.29, 0.717) is 18.8 Å². The van der Waals surface area contributed by atoms with Crippen LogP contribution in [0.4, 0.5) is 10.6 Å². The van der Waals surface area contributed by atoms with Crippen LogP contribution >= 0.6 is 22.6 Å². The van der Waals surface area contributed by atoms with Crippen molar-refractivity contribution in [3.63, 3.8) is 0 Å². The van der Waals surface area contributed by atoms with Gasteiger partial charge < -0.3 is 20.4 Å². The second-order valence-corrected chi connectivity index (χ2v) is 7.62. The van der Waals surface area contributed by atoms with Crippen LogP contribution in [-0.2, 0) is 11.3 Å². The molecule has 0 unspecified atom stereocenters. The molecule has 2 aromatic heterocycles. The Kier molecular flexibility index (Phi) is 5.68. The molecule has 0 fully saturated rings. The number of aromatic nitrogens is 3. The van der Waals surface area contributed by atoms with Crippen LogP contribution in [0, 0.1) is 3.57 Å². The van der Waals surface area contributed by atoms with Gasteiger partial charge in [-0.25, -0.2) is 14.8 Å². The van der Waals surface area contributed by atoms with Crippen molar-refractivity contribution in [3.05, 3.63) is 28.7 Å². The third-order valence-corrected chi connectivity index (χ3v) is 4.04. The van der Waals surface area contributed by atoms with Crippen LogP contribution in [0.5, 0.6) is 0 Å². The zero-order valence-electron chi connectivity index (χ0n) is 14.0. The molecule has 2 heterocycles. The monoisotopic (exact) mass is 443 g/mol. The van der Waals surface area contributed by atoms with Gasteiger partial charge in [-0.2, -0.15) is 0 Å². The number of carbonyl (C=O) groups is 1. The molecule has 3 N–H and O–H groups in total. The van der Waals surface area contributed by atoms with E-state index in [-0.39, 0.29) is 6.04 Å². The number of carbonyl (C=O) groups excluding carboxylic acids is 1. The topological polar surface area (TPSA) is 95.1 Å². The third kappa shape index (κ3) is 4.59. The largest absolute Gasteiger partial charge is 0.444 e. The number of nitrogens with one attached hydrogen (secondary N) is 1. The summed E-state index contributed by atoms with van der Waals surface area (Å²) in [5.74, 6) is 0.448. The molecule has 2 aromatic rings. The van der Waals surface area contributed by atoms with Crippen molar-refractivity contribution < 1.29 is 9.53 Å². The van der Waals surface area contributed by atoms with Crippen molar-refractivity contribution in [3.8, 4) is 0 Å². The Morgan fingerprint density at radius 2 is 2.25 bits per heavy atom. The van der Waals surface area contributed by atoms with Crippen molar-refractivity contribution in [1.29, 1.82) is 0 Å². The number of ether oxygens (including phenoxy) is 1. The van der Waals surface area contributed by atoms with Gasteiger partial charge in [0.2, 0.25) is 0 Å². The van der Waals surface area contributed by atoms with Crippen molar-refractivity contribution in [2.45, 2.75) is 45.4 Å². The highest BCUT2D eigenvalue weighted by Gasteiger charge is 2.20. The minimum absolute atomic E-state index is 0.167. The first-order chi connectivity index (χ1) is 11.2. The highest BCUT2D eigenvalue weighted by molar-refractivity contribution is 14.1. The molecule has 0 saturated carbocycles. The van der Waals surface area contributed by atoms with Crippen LogP contribution in [-0.4, -0.2) is 32.3 Å². The number of nitrogens with two attached hydrogens (primary N) is 1. The number of nitrogen functional groups attached to an aromatic ring is 1. The van der Waals surface area contributed by atoms with E-state index in [1.54, 1.807) is 6.08 Å². The molecular weight excluding hydrogens is 421 g/mol. The van der Waals surface area contributed by atoms with Gasteiger partial charge in [0.05, 0.1) is 11.4 Å². The molecule has 0 radical (unpaired) electrons. The lowest BCUT2D eigenvalue weighted by molar-refractivity contribution is 0.0500. The van der Waals surface area contributed by atoms with Gasteiger partial charge in [0.1, 0.15) is 23.4 Å². The van der Waals surface area contributed by atoms with Crippen molar-refractivity contribution in [2.75, 3.05) is 5.73 Å². The van der Waals surface area contributed by atoms with E-state index in [1.165, 1.54) is 6.33 Å². The molecule has 0 aliphatic carbocycles. The summed E-state index contributed by atoms with van der Waals surface area (Å²) in [5, 5.41) is 3.71. The van der Waals surface area contributed by atoms with Gasteiger partial charge in [-0.1, -0.05) is 6.08 Å². The predicted molar refractivity (Wildman–Crippen MR) is 103 cm³/mol. The summed E-state index contributed by atoms with van der Waals surface area (Å²) in [6.45, 7) is 9.78. The van der Waals surface area contributed by atoms with Crippen LogP contribution in [0.25, 0.3) is 11.0 Å². The number of amides is 1. The summed E-state index contributed by atoms with van der Waals surface area (Å²) in [4.78, 5) is 20.4. The number of nitrogens with zero attached hydrogens (tertiary/aromatic N) is 3. The molecule has 8 heteroatoms. The molecule has 0 aliphatic heterocycles. The molecule has 0 spiro atoms. The van der Waals surface area contributed by atoms with E-state index < -0.39 is 11.7 Å². The molecule has 1 atom stereocenters. The Hall–Kier alpha value is -1.84. The number of fused-ring (bicyclic) bond motifs is 1. The maximum atomic E-state index is 12.0. The first kappa shape index (κ1) is 18.5. The van der Waals surface area contributed by atoms with Crippen LogP contribution in [0.1, 0.15) is 27.2 Å². The second-order valence-electron chi connectivity index (χ2n) is 6.45. The lowest BCUT2D eigenvalue weighted by Crippen LogP contribution is -2.41. The van der Waals surface area contributed by atoms with Crippen LogP contribution in [0.3, 0.4) is 0 Å². The Morgan fingerprint density at radius 3 is 2.88 bits per heavy atom. The maximum Gasteiger partial charge on any atom is 0.407 e. The van der Waals surface area contributed by atoms with E-state index in [1.807, 2.05) is 31.5 Å². The molecule has 0 aliphatic rings. The highest BCUT2D eigenvalue weighted by atomic mass is 127. The Bertz CT molecular complexity index is 751. The normalized spacial score (nSPS) is 12.8. The number of halogens is 1. The second kappa shape index (κ2) is 7.37. The van der Waals surface area contributed by atoms with Gasteiger partial charge in [0.15, 0.2) is 0 Å². The van der Waals surface area contributed by atoms with Gasteiger partial charge >= 0.3 is 6.09 Å². The fourth-order valence-electron chi connectivity index (χ4n) is 2.33. The summed E-state index contributed by atoms with van der Waals surface area (Å²) < 4.78 is 8.25. The van der Waals surface area contributed by atoms with Crippen LogP contribution in [0.15, 0.2) is 25.2 Å². The molecular formula is C16H22IN5O2. The molecule has 0 aromatic carbocycles. The maximum absolute atomic E-state index is 12.0. The van der Waals surface area contributed by atoms with E-state index >= 15 is 0 Å². The molecule has 0 bridgehead atoms. The third-order valence-electron chi connectivity index (χ3n) is 3.23. The molecule has 1 amide bonds. The predicted octanol–water partition coefficient (Wildman–Crippen LogP) is 3.09. The van der Waals surface area contributed by atoms with Gasteiger partial charge in [0, 0.05) is 16.3 Å². The summed E-state index contributed by atoms with van der Waals surface area (Å²) in [7, 11) is 0. The van der Waals surface area contributed by atoms with E-state index in [4.69, 9.17) is 10.5 Å². The lowest BCUT2D eigenvalue weighted by atomic mass is 10.2. The van der Waals surface area contributed by atoms with Gasteiger partial charge in [-0.3, -0.25) is 0 Å². The molecule has 2 rings (SSSR count). The Balaban J connectivity index is 2.21. The summed E-state index contributed by atoms with van der Waals surface area (Å²) >= 11 is 2.20. The van der Waals surface area contributed by atoms with Gasteiger partial charge in [-0.15, -0.1) is 6.58 Å². The first-order valence-corrected chi connectivity index (χ1v) is 8.64. The van der Waals surface area contributed by atoms with Gasteiger partial charge in [-0.05, 0) is 49.8 Å². The van der Waals surface area contributed by atoms with Gasteiger partial charge in [0.25, 0.3) is 0 Å². The fourth-order valence-corrected chi connectivity index (χ4v) is 3.18. The smallest absolute Gasteiger partial charge is 0.407 e. The molecule has 24 heavy (non-hydrogen) atoms. The van der Waals surface area contributed by atoms with E-state index in [9.17, 15) is 4.79 Å². The van der Waals surface area contributed by atoms with E-state index in [2.05, 4.69) is 44.5 Å². The minimum Gasteiger partial charge on any atom is -0.444 e. The number of hydrogen-bond donors (Lipinski definition) is 2. The minimum atomic E-state index is -0.542. The summed E-state index contributed by atoms with van der Waals surface area (Å²) in [5.41, 5.74) is 6.14. The quantitative estimate of drug-likeness (QED) is 0.547. The van der Waals surface area contributed by atoms with E-state index in [0.717, 1.165) is 14.6 Å². The summed E-state index contributed by atoms with van der Waals surface area (Å²) in [6.07, 6.45) is 5.31. The lowest BCUT2D eigenvalue weighted by Gasteiger charge is -2.23. The van der Waals surface area contributed by atoms with Crippen molar-refractivity contribution in [1.82, 2.24) is 19.9 Å². The molecule has 130 valence electrons. The number of rotatable bonds is 5. The number of alkyl carbamates (subject to hydrolysis) is 1. The highest BCUT2D eigenvalue weighted by Crippen LogP contribution is 2.25. The Morgan fingerprint density at radius 1 is 1.54 bits per heavy atom. The number of hydrogen-bond acceptors (Lipinski definition) is 5. The average molecular weight is 443 g/mol. The first-order valence-electron chi connectivity index (χ1n) is 7.56. The molecule has 0 saturated heterocycles. The van der Waals surface area contributed by atoms with Crippen molar-refractivity contribution in [2.24, 2.45) is 0 Å². The molecule has 7 nitrogen and oxygen atoms in total. The van der Waals surface area contributed by atoms with Crippen molar-refractivity contribution >= 4 is 45.5 Å². The SMILES string of the molecule is C=CC[C@@H](Cn1cc(I)c2c(N)ncnc21)NC(=O)OC(C)(C)C. The standard InChI is InChI=1S/C16H22IN5O2/c1-5-6-10(21-15(23)24-16(2,3)4)7-22-8-11(17)12-13(18)19-9-20-14(12)22/h5,8-10H,1,6-7H2,2-4H3,(H,21,23)(H2,18,19,20)/t10-/m0/s1. The zero-order chi connectivity index (χ0) is 17.9. The summed E-state index contributed by atoms with van der Waals surface area (Å²) in [6, 6.07) is -0.167. The van der Waals surface area contributed by atoms with Crippen LogP contribution < -0.4 is 11.1 Å². The zero-order valence-corrected chi connectivity index (χ0v) is 16.2. The van der Waals surface area contributed by atoms with Crippen LogP contribution in [0.2, 0.25) is 0 Å². The Labute approximate surface area is 154 Å². The average Bonchev–Trinajstić information content (AvgIpc) is 2.74. The fraction of sp³-hybridized carbons (Fsp3) is 0.438.